The first-order valence-corrected chi connectivity index (χ1v) is 11.8. The van der Waals surface area contributed by atoms with Gasteiger partial charge in [0.05, 0.1) is 17.2 Å². The van der Waals surface area contributed by atoms with E-state index in [0.29, 0.717) is 50.0 Å². The molecule has 2 heterocycles. The summed E-state index contributed by atoms with van der Waals surface area (Å²) in [4.78, 5) is 30.7. The first-order valence-electron chi connectivity index (χ1n) is 11.8. The Bertz CT molecular complexity index is 996. The standard InChI is InChI=1S/C25H32N4O4/c1-3-33-24-7-5-4-6-22(24)27-14-16-28(17-15-27)25(30)20-8-9-21(23(18-20)29(31)32)26-12-10-19(2)11-13-26/h4-9,18-19H,3,10-17H2,1-2H3. The molecule has 33 heavy (non-hydrogen) atoms. The summed E-state index contributed by atoms with van der Waals surface area (Å²) in [5.41, 5.74) is 2.03. The molecule has 2 aliphatic rings. The molecule has 0 aliphatic carbocycles. The monoisotopic (exact) mass is 452 g/mol. The fourth-order valence-corrected chi connectivity index (χ4v) is 4.65. The van der Waals surface area contributed by atoms with Crippen LogP contribution < -0.4 is 14.5 Å². The van der Waals surface area contributed by atoms with Crippen molar-refractivity contribution >= 4 is 23.0 Å². The Hall–Kier alpha value is -3.29. The van der Waals surface area contributed by atoms with E-state index in [4.69, 9.17) is 4.74 Å². The largest absolute Gasteiger partial charge is 0.492 e. The number of nitro benzene ring substituents is 1. The van der Waals surface area contributed by atoms with Crippen LogP contribution in [-0.4, -0.2) is 61.6 Å². The van der Waals surface area contributed by atoms with Crippen LogP contribution in [0, 0.1) is 16.0 Å². The van der Waals surface area contributed by atoms with Gasteiger partial charge in [0.15, 0.2) is 0 Å². The van der Waals surface area contributed by atoms with Gasteiger partial charge in [0, 0.05) is 50.9 Å². The van der Waals surface area contributed by atoms with Crippen LogP contribution in [0.2, 0.25) is 0 Å². The molecule has 0 aromatic heterocycles. The van der Waals surface area contributed by atoms with Gasteiger partial charge in [-0.1, -0.05) is 19.1 Å². The minimum absolute atomic E-state index is 0.0136. The predicted octanol–water partition coefficient (Wildman–Crippen LogP) is 4.19. The number of piperazine rings is 1. The van der Waals surface area contributed by atoms with E-state index >= 15 is 0 Å². The number of carbonyl (C=O) groups excluding carboxylic acids is 1. The molecule has 8 heteroatoms. The number of anilines is 2. The summed E-state index contributed by atoms with van der Waals surface area (Å²) >= 11 is 0. The maximum atomic E-state index is 13.2. The smallest absolute Gasteiger partial charge is 0.293 e. The van der Waals surface area contributed by atoms with Crippen molar-refractivity contribution in [3.63, 3.8) is 0 Å². The molecule has 2 aliphatic heterocycles. The Kier molecular flexibility index (Phi) is 7.01. The van der Waals surface area contributed by atoms with Gasteiger partial charge >= 0.3 is 0 Å². The number of hydrogen-bond donors (Lipinski definition) is 0. The molecule has 2 saturated heterocycles. The van der Waals surface area contributed by atoms with Crippen LogP contribution >= 0.6 is 0 Å². The summed E-state index contributed by atoms with van der Waals surface area (Å²) < 4.78 is 5.75. The Morgan fingerprint density at radius 2 is 1.67 bits per heavy atom. The van der Waals surface area contributed by atoms with Crippen LogP contribution in [0.3, 0.4) is 0 Å². The van der Waals surface area contributed by atoms with Crippen LogP contribution in [0.4, 0.5) is 17.1 Å². The van der Waals surface area contributed by atoms with Gasteiger partial charge < -0.3 is 19.4 Å². The third kappa shape index (κ3) is 5.05. The lowest BCUT2D eigenvalue weighted by molar-refractivity contribution is -0.384. The highest BCUT2D eigenvalue weighted by atomic mass is 16.6. The summed E-state index contributed by atoms with van der Waals surface area (Å²) in [6.45, 7) is 8.86. The van der Waals surface area contributed by atoms with Gasteiger partial charge in [-0.15, -0.1) is 0 Å². The van der Waals surface area contributed by atoms with Crippen LogP contribution in [0.5, 0.6) is 5.75 Å². The normalized spacial score (nSPS) is 17.2. The lowest BCUT2D eigenvalue weighted by atomic mass is 9.98. The fourth-order valence-electron chi connectivity index (χ4n) is 4.65. The summed E-state index contributed by atoms with van der Waals surface area (Å²) in [5, 5.41) is 11.8. The highest BCUT2D eigenvalue weighted by Crippen LogP contribution is 2.33. The Morgan fingerprint density at radius 1 is 1.00 bits per heavy atom. The number of benzene rings is 2. The maximum absolute atomic E-state index is 13.2. The zero-order valence-corrected chi connectivity index (χ0v) is 19.4. The van der Waals surface area contributed by atoms with Crippen LogP contribution in [0.1, 0.15) is 37.0 Å². The molecule has 0 saturated carbocycles. The number of piperidine rings is 1. The number of para-hydroxylation sites is 2. The lowest BCUT2D eigenvalue weighted by Crippen LogP contribution is -2.48. The summed E-state index contributed by atoms with van der Waals surface area (Å²) in [6, 6.07) is 12.9. The molecule has 176 valence electrons. The third-order valence-electron chi connectivity index (χ3n) is 6.62. The number of nitro groups is 1. The minimum Gasteiger partial charge on any atom is -0.492 e. The second-order valence-electron chi connectivity index (χ2n) is 8.81. The number of rotatable bonds is 6. The van der Waals surface area contributed by atoms with Crippen molar-refractivity contribution in [2.45, 2.75) is 26.7 Å². The number of carbonyl (C=O) groups is 1. The SMILES string of the molecule is CCOc1ccccc1N1CCN(C(=O)c2ccc(N3CCC(C)CC3)c([N+](=O)[O-])c2)CC1. The molecule has 8 nitrogen and oxygen atoms in total. The van der Waals surface area contributed by atoms with Gasteiger partial charge in [0.1, 0.15) is 11.4 Å². The van der Waals surface area contributed by atoms with Crippen molar-refractivity contribution in [2.24, 2.45) is 5.92 Å². The molecule has 0 unspecified atom stereocenters. The van der Waals surface area contributed by atoms with Gasteiger partial charge in [-0.3, -0.25) is 14.9 Å². The van der Waals surface area contributed by atoms with Crippen molar-refractivity contribution in [2.75, 3.05) is 55.7 Å². The summed E-state index contributed by atoms with van der Waals surface area (Å²) in [7, 11) is 0. The quantitative estimate of drug-likeness (QED) is 0.483. The summed E-state index contributed by atoms with van der Waals surface area (Å²) in [6.07, 6.45) is 2.04. The van der Waals surface area contributed by atoms with E-state index in [1.807, 2.05) is 31.2 Å². The molecule has 1 amide bonds. The van der Waals surface area contributed by atoms with Crippen LogP contribution in [0.15, 0.2) is 42.5 Å². The second-order valence-corrected chi connectivity index (χ2v) is 8.81. The molecule has 4 rings (SSSR count). The van der Waals surface area contributed by atoms with E-state index < -0.39 is 0 Å². The zero-order valence-electron chi connectivity index (χ0n) is 19.4. The number of nitrogens with zero attached hydrogens (tertiary/aromatic N) is 4. The van der Waals surface area contributed by atoms with Gasteiger partial charge in [-0.2, -0.15) is 0 Å². The van der Waals surface area contributed by atoms with E-state index in [0.717, 1.165) is 37.4 Å². The van der Waals surface area contributed by atoms with Gasteiger partial charge in [-0.25, -0.2) is 0 Å². The number of hydrogen-bond acceptors (Lipinski definition) is 6. The van der Waals surface area contributed by atoms with Crippen molar-refractivity contribution in [1.82, 2.24) is 4.90 Å². The Labute approximate surface area is 194 Å². The lowest BCUT2D eigenvalue weighted by Gasteiger charge is -2.36. The molecule has 0 radical (unpaired) electrons. The van der Waals surface area contributed by atoms with E-state index in [-0.39, 0.29) is 16.5 Å². The van der Waals surface area contributed by atoms with Crippen molar-refractivity contribution < 1.29 is 14.5 Å². The first-order chi connectivity index (χ1) is 16.0. The average Bonchev–Trinajstić information content (AvgIpc) is 2.84. The number of amides is 1. The van der Waals surface area contributed by atoms with Gasteiger partial charge in [0.25, 0.3) is 11.6 Å². The van der Waals surface area contributed by atoms with E-state index in [2.05, 4.69) is 16.7 Å². The number of ether oxygens (including phenoxy) is 1. The molecule has 2 aromatic rings. The third-order valence-corrected chi connectivity index (χ3v) is 6.62. The zero-order chi connectivity index (χ0) is 23.4. The van der Waals surface area contributed by atoms with Crippen molar-refractivity contribution in [1.29, 1.82) is 0 Å². The molecule has 0 spiro atoms. The molecular formula is C25H32N4O4. The highest BCUT2D eigenvalue weighted by Gasteiger charge is 2.28. The Morgan fingerprint density at radius 3 is 2.33 bits per heavy atom. The van der Waals surface area contributed by atoms with Gasteiger partial charge in [0.2, 0.25) is 0 Å². The average molecular weight is 453 g/mol. The van der Waals surface area contributed by atoms with Crippen LogP contribution in [-0.2, 0) is 0 Å². The summed E-state index contributed by atoms with van der Waals surface area (Å²) in [5.74, 6) is 1.33. The highest BCUT2D eigenvalue weighted by molar-refractivity contribution is 5.96. The maximum Gasteiger partial charge on any atom is 0.293 e. The van der Waals surface area contributed by atoms with Gasteiger partial charge in [-0.05, 0) is 49.9 Å². The fraction of sp³-hybridized carbons (Fsp3) is 0.480. The molecular weight excluding hydrogens is 420 g/mol. The van der Waals surface area contributed by atoms with Crippen molar-refractivity contribution in [3.8, 4) is 5.75 Å². The predicted molar refractivity (Wildman–Crippen MR) is 129 cm³/mol. The van der Waals surface area contributed by atoms with E-state index in [9.17, 15) is 14.9 Å². The molecule has 0 N–H and O–H groups in total. The molecule has 0 atom stereocenters. The molecule has 2 fully saturated rings. The molecule has 2 aromatic carbocycles. The second kappa shape index (κ2) is 10.1. The van der Waals surface area contributed by atoms with E-state index in [1.54, 1.807) is 17.0 Å². The minimum atomic E-state index is -0.368. The van der Waals surface area contributed by atoms with Crippen molar-refractivity contribution in [3.05, 3.63) is 58.1 Å². The van der Waals surface area contributed by atoms with E-state index in [1.165, 1.54) is 6.07 Å². The Balaban J connectivity index is 1.46. The topological polar surface area (TPSA) is 79.2 Å². The van der Waals surface area contributed by atoms with Crippen LogP contribution in [0.25, 0.3) is 0 Å². The molecule has 0 bridgehead atoms. The first kappa shape index (κ1) is 22.9.